The van der Waals surface area contributed by atoms with Crippen molar-refractivity contribution in [2.45, 2.75) is 19.8 Å². The summed E-state index contributed by atoms with van der Waals surface area (Å²) in [4.78, 5) is 10.8. The number of hydrogen-bond acceptors (Lipinski definition) is 4. The second kappa shape index (κ2) is 4.47. The average molecular weight is 207 g/mol. The lowest BCUT2D eigenvalue weighted by atomic mass is 10.0. The quantitative estimate of drug-likeness (QED) is 0.740. The van der Waals surface area contributed by atoms with Gasteiger partial charge in [0, 0.05) is 13.1 Å². The molecule has 1 aromatic heterocycles. The second-order valence-electron chi connectivity index (χ2n) is 4.12. The lowest BCUT2D eigenvalue weighted by molar-refractivity contribution is 0.409. The Morgan fingerprint density at radius 3 is 2.73 bits per heavy atom. The van der Waals surface area contributed by atoms with Crippen molar-refractivity contribution in [3.8, 4) is 5.75 Å². The van der Waals surface area contributed by atoms with Crippen LogP contribution < -0.4 is 9.64 Å². The molecule has 0 aliphatic carbocycles. The van der Waals surface area contributed by atoms with E-state index in [9.17, 15) is 0 Å². The highest BCUT2D eigenvalue weighted by Gasteiger charge is 2.18. The first-order valence-corrected chi connectivity index (χ1v) is 5.40. The third kappa shape index (κ3) is 2.37. The molecule has 1 aliphatic heterocycles. The van der Waals surface area contributed by atoms with Gasteiger partial charge in [-0.2, -0.15) is 0 Å². The number of piperidine rings is 1. The van der Waals surface area contributed by atoms with Crippen molar-refractivity contribution < 1.29 is 4.74 Å². The number of methoxy groups -OCH3 is 1. The van der Waals surface area contributed by atoms with Crippen LogP contribution in [0.2, 0.25) is 0 Å². The van der Waals surface area contributed by atoms with E-state index in [2.05, 4.69) is 21.8 Å². The highest BCUT2D eigenvalue weighted by atomic mass is 16.5. The molecule has 1 atom stereocenters. The molecular formula is C11H17N3O. The van der Waals surface area contributed by atoms with Gasteiger partial charge in [-0.15, -0.1) is 0 Å². The maximum atomic E-state index is 5.03. The van der Waals surface area contributed by atoms with Crippen LogP contribution in [-0.4, -0.2) is 30.2 Å². The van der Waals surface area contributed by atoms with E-state index in [0.717, 1.165) is 25.0 Å². The van der Waals surface area contributed by atoms with E-state index in [1.165, 1.54) is 12.8 Å². The summed E-state index contributed by atoms with van der Waals surface area (Å²) in [5, 5.41) is 0. The third-order valence-electron chi connectivity index (χ3n) is 2.79. The Morgan fingerprint density at radius 2 is 2.13 bits per heavy atom. The fourth-order valence-electron chi connectivity index (χ4n) is 1.95. The highest BCUT2D eigenvalue weighted by molar-refractivity contribution is 5.31. The van der Waals surface area contributed by atoms with Crippen molar-refractivity contribution in [1.82, 2.24) is 9.97 Å². The lowest BCUT2D eigenvalue weighted by Gasteiger charge is -2.30. The molecule has 0 bridgehead atoms. The Bertz CT molecular complexity index is 312. The molecule has 1 aliphatic rings. The van der Waals surface area contributed by atoms with Crippen LogP contribution in [0.15, 0.2) is 12.4 Å². The van der Waals surface area contributed by atoms with Crippen molar-refractivity contribution in [2.75, 3.05) is 25.1 Å². The molecule has 4 heteroatoms. The van der Waals surface area contributed by atoms with Gasteiger partial charge in [-0.05, 0) is 18.8 Å². The van der Waals surface area contributed by atoms with Gasteiger partial charge in [0.25, 0.3) is 0 Å². The summed E-state index contributed by atoms with van der Waals surface area (Å²) in [6, 6.07) is 0. The number of rotatable bonds is 2. The van der Waals surface area contributed by atoms with Gasteiger partial charge in [-0.3, -0.25) is 0 Å². The number of aromatic nitrogens is 2. The highest BCUT2D eigenvalue weighted by Crippen LogP contribution is 2.20. The van der Waals surface area contributed by atoms with Crippen LogP contribution in [0.4, 0.5) is 5.95 Å². The third-order valence-corrected chi connectivity index (χ3v) is 2.79. The Balaban J connectivity index is 2.07. The van der Waals surface area contributed by atoms with Crippen LogP contribution in [0.1, 0.15) is 19.8 Å². The van der Waals surface area contributed by atoms with Gasteiger partial charge in [0.05, 0.1) is 19.5 Å². The van der Waals surface area contributed by atoms with Crippen molar-refractivity contribution in [1.29, 1.82) is 0 Å². The van der Waals surface area contributed by atoms with Gasteiger partial charge in [0.2, 0.25) is 5.95 Å². The zero-order valence-corrected chi connectivity index (χ0v) is 9.31. The van der Waals surface area contributed by atoms with Crippen LogP contribution in [0.5, 0.6) is 5.75 Å². The first kappa shape index (κ1) is 10.2. The molecule has 1 saturated heterocycles. The largest absolute Gasteiger partial charge is 0.494 e. The Kier molecular flexibility index (Phi) is 3.04. The minimum absolute atomic E-state index is 0.712. The lowest BCUT2D eigenvalue weighted by Crippen LogP contribution is -2.35. The van der Waals surface area contributed by atoms with Crippen molar-refractivity contribution in [2.24, 2.45) is 5.92 Å². The normalized spacial score (nSPS) is 21.5. The van der Waals surface area contributed by atoms with Gasteiger partial charge < -0.3 is 9.64 Å². The fraction of sp³-hybridized carbons (Fsp3) is 0.636. The monoisotopic (exact) mass is 207 g/mol. The van der Waals surface area contributed by atoms with E-state index in [-0.39, 0.29) is 0 Å². The predicted octanol–water partition coefficient (Wildman–Crippen LogP) is 1.72. The van der Waals surface area contributed by atoms with E-state index in [1.807, 2.05) is 0 Å². The van der Waals surface area contributed by atoms with Crippen LogP contribution in [-0.2, 0) is 0 Å². The van der Waals surface area contributed by atoms with E-state index in [1.54, 1.807) is 19.5 Å². The van der Waals surface area contributed by atoms with Gasteiger partial charge >= 0.3 is 0 Å². The topological polar surface area (TPSA) is 38.2 Å². The minimum Gasteiger partial charge on any atom is -0.494 e. The average Bonchev–Trinajstić information content (AvgIpc) is 2.29. The molecule has 2 heterocycles. The predicted molar refractivity (Wildman–Crippen MR) is 59.2 cm³/mol. The molecule has 2 rings (SSSR count). The van der Waals surface area contributed by atoms with Crippen molar-refractivity contribution in [3.63, 3.8) is 0 Å². The number of nitrogens with zero attached hydrogens (tertiary/aromatic N) is 3. The molecule has 0 aromatic carbocycles. The van der Waals surface area contributed by atoms with Crippen LogP contribution in [0.25, 0.3) is 0 Å². The molecule has 0 radical (unpaired) electrons. The minimum atomic E-state index is 0.712. The van der Waals surface area contributed by atoms with E-state index >= 15 is 0 Å². The molecule has 1 fully saturated rings. The Labute approximate surface area is 90.3 Å². The summed E-state index contributed by atoms with van der Waals surface area (Å²) in [6.07, 6.45) is 5.99. The molecule has 0 saturated carbocycles. The molecule has 0 spiro atoms. The first-order chi connectivity index (χ1) is 7.29. The summed E-state index contributed by atoms with van der Waals surface area (Å²) < 4.78 is 5.03. The summed E-state index contributed by atoms with van der Waals surface area (Å²) in [7, 11) is 1.63. The SMILES string of the molecule is COc1cnc(N2CCCC(C)C2)nc1. The number of anilines is 1. The molecule has 0 amide bonds. The molecule has 1 aromatic rings. The van der Waals surface area contributed by atoms with Crippen LogP contribution >= 0.6 is 0 Å². The van der Waals surface area contributed by atoms with Crippen molar-refractivity contribution >= 4 is 5.95 Å². The zero-order valence-electron chi connectivity index (χ0n) is 9.31. The molecule has 0 N–H and O–H groups in total. The molecule has 4 nitrogen and oxygen atoms in total. The van der Waals surface area contributed by atoms with E-state index in [4.69, 9.17) is 4.74 Å². The number of ether oxygens (including phenoxy) is 1. The second-order valence-corrected chi connectivity index (χ2v) is 4.12. The molecular weight excluding hydrogens is 190 g/mol. The van der Waals surface area contributed by atoms with Crippen LogP contribution in [0, 0.1) is 5.92 Å². The zero-order chi connectivity index (χ0) is 10.7. The first-order valence-electron chi connectivity index (χ1n) is 5.40. The van der Waals surface area contributed by atoms with Crippen molar-refractivity contribution in [3.05, 3.63) is 12.4 Å². The van der Waals surface area contributed by atoms with Gasteiger partial charge in [-0.1, -0.05) is 6.92 Å². The summed E-state index contributed by atoms with van der Waals surface area (Å²) in [6.45, 7) is 4.40. The van der Waals surface area contributed by atoms with Gasteiger partial charge in [0.1, 0.15) is 0 Å². The molecule has 82 valence electrons. The maximum absolute atomic E-state index is 5.03. The standard InChI is InChI=1S/C11H17N3O/c1-9-4-3-5-14(8-9)11-12-6-10(15-2)7-13-11/h6-7,9H,3-5,8H2,1-2H3. The van der Waals surface area contributed by atoms with E-state index in [0.29, 0.717) is 5.75 Å². The Morgan fingerprint density at radius 1 is 1.40 bits per heavy atom. The van der Waals surface area contributed by atoms with Gasteiger partial charge in [-0.25, -0.2) is 9.97 Å². The molecule has 1 unspecified atom stereocenters. The van der Waals surface area contributed by atoms with Crippen LogP contribution in [0.3, 0.4) is 0 Å². The summed E-state index contributed by atoms with van der Waals surface area (Å²) >= 11 is 0. The van der Waals surface area contributed by atoms with E-state index < -0.39 is 0 Å². The summed E-state index contributed by atoms with van der Waals surface area (Å²) in [5.41, 5.74) is 0. The Hall–Kier alpha value is -1.32. The van der Waals surface area contributed by atoms with Gasteiger partial charge in [0.15, 0.2) is 5.75 Å². The number of hydrogen-bond donors (Lipinski definition) is 0. The molecule has 15 heavy (non-hydrogen) atoms. The smallest absolute Gasteiger partial charge is 0.225 e. The fourth-order valence-corrected chi connectivity index (χ4v) is 1.95. The maximum Gasteiger partial charge on any atom is 0.225 e. The summed E-state index contributed by atoms with van der Waals surface area (Å²) in [5.74, 6) is 2.27.